The Morgan fingerprint density at radius 3 is 2.48 bits per heavy atom. The van der Waals surface area contributed by atoms with Crippen LogP contribution in [0.15, 0.2) is 70.6 Å². The van der Waals surface area contributed by atoms with Gasteiger partial charge in [-0.1, -0.05) is 60.3 Å². The van der Waals surface area contributed by atoms with Gasteiger partial charge >= 0.3 is 0 Å². The van der Waals surface area contributed by atoms with E-state index in [1.165, 1.54) is 11.8 Å². The van der Waals surface area contributed by atoms with Gasteiger partial charge in [0.25, 0.3) is 5.56 Å². The van der Waals surface area contributed by atoms with Gasteiger partial charge in [0.1, 0.15) is 4.83 Å². The molecule has 0 amide bonds. The van der Waals surface area contributed by atoms with Gasteiger partial charge in [-0.3, -0.25) is 9.36 Å². The zero-order valence-electron chi connectivity index (χ0n) is 16.0. The van der Waals surface area contributed by atoms with Gasteiger partial charge in [0.05, 0.1) is 17.1 Å². The third kappa shape index (κ3) is 3.84. The summed E-state index contributed by atoms with van der Waals surface area (Å²) < 4.78 is 1.71. The van der Waals surface area contributed by atoms with Crippen LogP contribution in [0, 0.1) is 18.3 Å². The molecule has 0 unspecified atom stereocenters. The number of aryl methyl sites for hydroxylation is 1. The normalized spacial score (nSPS) is 10.9. The smallest absolute Gasteiger partial charge is 0.268 e. The van der Waals surface area contributed by atoms with Crippen molar-refractivity contribution in [1.82, 2.24) is 9.55 Å². The molecule has 144 valence electrons. The number of hydrogen-bond donors (Lipinski definition) is 0. The summed E-state index contributed by atoms with van der Waals surface area (Å²) in [6, 6.07) is 21.8. The first-order chi connectivity index (χ1) is 14.2. The Bertz CT molecular complexity index is 1240. The van der Waals surface area contributed by atoms with Crippen LogP contribution >= 0.6 is 23.1 Å². The molecule has 0 fully saturated rings. The van der Waals surface area contributed by atoms with Crippen molar-refractivity contribution in [3.05, 3.63) is 75.9 Å². The Balaban J connectivity index is 1.95. The van der Waals surface area contributed by atoms with Crippen LogP contribution in [0.4, 0.5) is 0 Å². The topological polar surface area (TPSA) is 58.7 Å². The molecule has 0 bridgehead atoms. The molecule has 2 heterocycles. The molecule has 0 saturated carbocycles. The molecule has 0 spiro atoms. The van der Waals surface area contributed by atoms with Gasteiger partial charge in [-0.2, -0.15) is 5.26 Å². The average Bonchev–Trinajstić information content (AvgIpc) is 3.08. The molecule has 2 aromatic carbocycles. The van der Waals surface area contributed by atoms with Crippen molar-refractivity contribution >= 4 is 33.3 Å². The number of aromatic nitrogens is 2. The zero-order chi connectivity index (χ0) is 20.2. The molecule has 4 nitrogen and oxygen atoms in total. The predicted molar refractivity (Wildman–Crippen MR) is 121 cm³/mol. The number of rotatable bonds is 6. The summed E-state index contributed by atoms with van der Waals surface area (Å²) >= 11 is 3.09. The maximum absolute atomic E-state index is 13.7. The van der Waals surface area contributed by atoms with E-state index in [-0.39, 0.29) is 5.56 Å². The number of unbranched alkanes of at least 4 members (excludes halogenated alkanes) is 1. The van der Waals surface area contributed by atoms with Gasteiger partial charge in [0.2, 0.25) is 0 Å². The van der Waals surface area contributed by atoms with Gasteiger partial charge in [0.15, 0.2) is 5.16 Å². The number of thioether (sulfide) groups is 1. The molecular weight excluding hydrogens is 398 g/mol. The lowest BCUT2D eigenvalue weighted by Gasteiger charge is -2.12. The van der Waals surface area contributed by atoms with Crippen LogP contribution < -0.4 is 5.56 Å². The number of para-hydroxylation sites is 1. The molecule has 2 aromatic heterocycles. The molecule has 0 N–H and O–H groups in total. The third-order valence-electron chi connectivity index (χ3n) is 4.61. The van der Waals surface area contributed by atoms with E-state index in [0.29, 0.717) is 17.0 Å². The van der Waals surface area contributed by atoms with Crippen LogP contribution in [-0.4, -0.2) is 15.3 Å². The summed E-state index contributed by atoms with van der Waals surface area (Å²) in [6.07, 6.45) is 1.27. The Morgan fingerprint density at radius 1 is 1.10 bits per heavy atom. The summed E-state index contributed by atoms with van der Waals surface area (Å²) in [6.45, 7) is 2.04. The van der Waals surface area contributed by atoms with Crippen LogP contribution in [0.1, 0.15) is 17.7 Å². The van der Waals surface area contributed by atoms with Crippen molar-refractivity contribution < 1.29 is 0 Å². The highest BCUT2D eigenvalue weighted by Gasteiger charge is 2.20. The predicted octanol–water partition coefficient (Wildman–Crippen LogP) is 5.82. The van der Waals surface area contributed by atoms with E-state index in [4.69, 9.17) is 10.2 Å². The molecule has 0 aliphatic rings. The minimum Gasteiger partial charge on any atom is -0.268 e. The van der Waals surface area contributed by atoms with Crippen LogP contribution in [0.25, 0.3) is 27.0 Å². The Hall–Kier alpha value is -2.88. The maximum Gasteiger partial charge on any atom is 0.268 e. The summed E-state index contributed by atoms with van der Waals surface area (Å²) in [5, 5.41) is 10.1. The number of fused-ring (bicyclic) bond motifs is 1. The molecule has 6 heteroatoms. The first-order valence-electron chi connectivity index (χ1n) is 9.37. The fourth-order valence-corrected chi connectivity index (χ4v) is 5.35. The summed E-state index contributed by atoms with van der Waals surface area (Å²) in [5.41, 5.74) is 2.75. The Labute approximate surface area is 177 Å². The van der Waals surface area contributed by atoms with Gasteiger partial charge in [-0.15, -0.1) is 11.3 Å². The molecule has 4 rings (SSSR count). The lowest BCUT2D eigenvalue weighted by molar-refractivity contribution is 0.820. The van der Waals surface area contributed by atoms with Gasteiger partial charge in [0, 0.05) is 22.6 Å². The SMILES string of the molecule is Cc1sc2nc(SCCCC#N)n(-c3ccccc3)c(=O)c2c1-c1ccccc1. The van der Waals surface area contributed by atoms with Gasteiger partial charge in [-0.25, -0.2) is 4.98 Å². The highest BCUT2D eigenvalue weighted by Crippen LogP contribution is 2.36. The molecule has 0 atom stereocenters. The zero-order valence-corrected chi connectivity index (χ0v) is 17.6. The lowest BCUT2D eigenvalue weighted by atomic mass is 10.0. The average molecular weight is 418 g/mol. The van der Waals surface area contributed by atoms with Crippen molar-refractivity contribution in [2.75, 3.05) is 5.75 Å². The van der Waals surface area contributed by atoms with E-state index < -0.39 is 0 Å². The van der Waals surface area contributed by atoms with Gasteiger partial charge < -0.3 is 0 Å². The van der Waals surface area contributed by atoms with Crippen molar-refractivity contribution in [2.24, 2.45) is 0 Å². The van der Waals surface area contributed by atoms with E-state index in [1.54, 1.807) is 15.9 Å². The van der Waals surface area contributed by atoms with Crippen LogP contribution in [0.5, 0.6) is 0 Å². The monoisotopic (exact) mass is 417 g/mol. The minimum atomic E-state index is -0.0489. The van der Waals surface area contributed by atoms with Crippen molar-refractivity contribution in [1.29, 1.82) is 5.26 Å². The first-order valence-corrected chi connectivity index (χ1v) is 11.2. The quantitative estimate of drug-likeness (QED) is 0.225. The number of hydrogen-bond acceptors (Lipinski definition) is 5. The molecule has 0 aliphatic heterocycles. The Kier molecular flexibility index (Phi) is 5.79. The summed E-state index contributed by atoms with van der Waals surface area (Å²) in [7, 11) is 0. The number of benzene rings is 2. The van der Waals surface area contributed by atoms with E-state index in [2.05, 4.69) is 6.07 Å². The molecule has 4 aromatic rings. The maximum atomic E-state index is 13.7. The fourth-order valence-electron chi connectivity index (χ4n) is 3.31. The van der Waals surface area contributed by atoms with E-state index >= 15 is 0 Å². The second-order valence-corrected chi connectivity index (χ2v) is 8.83. The molecule has 0 saturated heterocycles. The second-order valence-electron chi connectivity index (χ2n) is 6.56. The molecule has 0 radical (unpaired) electrons. The van der Waals surface area contributed by atoms with E-state index in [0.717, 1.165) is 38.7 Å². The number of thiophene rings is 1. The van der Waals surface area contributed by atoms with Crippen LogP contribution in [-0.2, 0) is 0 Å². The standard InChI is InChI=1S/C23H19N3OS2/c1-16-19(17-10-4-2-5-11-17)20-21(29-16)25-23(28-15-9-8-14-24)26(22(20)27)18-12-6-3-7-13-18/h2-7,10-13H,8-9,15H2,1H3. The van der Waals surface area contributed by atoms with Crippen molar-refractivity contribution in [3.8, 4) is 22.9 Å². The van der Waals surface area contributed by atoms with Crippen molar-refractivity contribution in [3.63, 3.8) is 0 Å². The second kappa shape index (κ2) is 8.64. The minimum absolute atomic E-state index is 0.0489. The Morgan fingerprint density at radius 2 is 1.79 bits per heavy atom. The molecular formula is C23H19N3OS2. The van der Waals surface area contributed by atoms with E-state index in [1.807, 2.05) is 67.6 Å². The van der Waals surface area contributed by atoms with Crippen molar-refractivity contribution in [2.45, 2.75) is 24.9 Å². The van der Waals surface area contributed by atoms with Gasteiger partial charge in [-0.05, 0) is 31.0 Å². The lowest BCUT2D eigenvalue weighted by Crippen LogP contribution is -2.21. The summed E-state index contributed by atoms with van der Waals surface area (Å²) in [4.78, 5) is 20.4. The number of nitrogens with zero attached hydrogens (tertiary/aromatic N) is 3. The fraction of sp³-hybridized carbons (Fsp3) is 0.174. The highest BCUT2D eigenvalue weighted by molar-refractivity contribution is 7.99. The van der Waals surface area contributed by atoms with E-state index in [9.17, 15) is 4.79 Å². The van der Waals surface area contributed by atoms with Crippen LogP contribution in [0.3, 0.4) is 0 Å². The number of nitriles is 1. The third-order valence-corrected chi connectivity index (χ3v) is 6.64. The highest BCUT2D eigenvalue weighted by atomic mass is 32.2. The largest absolute Gasteiger partial charge is 0.268 e. The first kappa shape index (κ1) is 19.4. The summed E-state index contributed by atoms with van der Waals surface area (Å²) in [5.74, 6) is 0.744. The van der Waals surface area contributed by atoms with Crippen LogP contribution in [0.2, 0.25) is 0 Å². The molecule has 0 aliphatic carbocycles. The molecule has 29 heavy (non-hydrogen) atoms.